The van der Waals surface area contributed by atoms with Crippen LogP contribution in [0.25, 0.3) is 0 Å². The highest BCUT2D eigenvalue weighted by Crippen LogP contribution is 2.39. The summed E-state index contributed by atoms with van der Waals surface area (Å²) in [4.78, 5) is 12.8. The molecule has 0 aromatic heterocycles. The smallest absolute Gasteiger partial charge is 0.416 e. The largest absolute Gasteiger partial charge is 0.480 e. The highest BCUT2D eigenvalue weighted by atomic mass is 19.4. The Morgan fingerprint density at radius 2 is 1.65 bits per heavy atom. The number of ether oxygens (including phenoxy) is 2. The number of rotatable bonds is 6. The Bertz CT molecular complexity index is 976. The second-order valence-electron chi connectivity index (χ2n) is 7.72. The van der Waals surface area contributed by atoms with Gasteiger partial charge in [0.25, 0.3) is 0 Å². The fraction of sp³-hybridized carbons (Fsp3) is 0.409. The van der Waals surface area contributed by atoms with Crippen LogP contribution in [0.1, 0.15) is 41.3 Å². The molecular formula is C22H20F7NO4. The number of halogens is 7. The van der Waals surface area contributed by atoms with Gasteiger partial charge in [0.05, 0.1) is 36.4 Å². The molecule has 0 spiro atoms. The molecule has 0 radical (unpaired) electrons. The molecule has 1 fully saturated rings. The average molecular weight is 495 g/mol. The van der Waals surface area contributed by atoms with Gasteiger partial charge in [0.1, 0.15) is 5.82 Å². The maximum atomic E-state index is 13.4. The number of carbonyl (C=O) groups is 1. The zero-order valence-electron chi connectivity index (χ0n) is 17.7. The molecule has 0 amide bonds. The Morgan fingerprint density at radius 1 is 1.09 bits per heavy atom. The summed E-state index contributed by atoms with van der Waals surface area (Å²) < 4.78 is 104. The van der Waals surface area contributed by atoms with E-state index in [4.69, 9.17) is 9.47 Å². The molecule has 1 aliphatic rings. The molecule has 3 rings (SSSR count). The van der Waals surface area contributed by atoms with Crippen LogP contribution in [0.2, 0.25) is 0 Å². The van der Waals surface area contributed by atoms with Crippen LogP contribution in [0.5, 0.6) is 0 Å². The van der Waals surface area contributed by atoms with Gasteiger partial charge in [-0.1, -0.05) is 12.1 Å². The van der Waals surface area contributed by atoms with Gasteiger partial charge in [-0.25, -0.2) is 4.39 Å². The van der Waals surface area contributed by atoms with E-state index in [-0.39, 0.29) is 24.8 Å². The summed E-state index contributed by atoms with van der Waals surface area (Å²) >= 11 is 0. The molecule has 12 heteroatoms. The van der Waals surface area contributed by atoms with E-state index in [0.29, 0.717) is 17.7 Å². The molecular weight excluding hydrogens is 475 g/mol. The molecule has 2 aromatic carbocycles. The van der Waals surface area contributed by atoms with Gasteiger partial charge in [0, 0.05) is 6.54 Å². The number of hydrogen-bond acceptors (Lipinski definition) is 4. The van der Waals surface area contributed by atoms with Crippen LogP contribution >= 0.6 is 0 Å². The normalized spacial score (nSPS) is 20.8. The van der Waals surface area contributed by atoms with Gasteiger partial charge >= 0.3 is 18.3 Å². The lowest BCUT2D eigenvalue weighted by Crippen LogP contribution is -2.48. The molecule has 3 atom stereocenters. The van der Waals surface area contributed by atoms with Crippen molar-refractivity contribution in [1.82, 2.24) is 4.90 Å². The van der Waals surface area contributed by atoms with E-state index in [0.717, 1.165) is 12.1 Å². The number of alkyl halides is 6. The number of aliphatic carboxylic acids is 1. The highest BCUT2D eigenvalue weighted by molar-refractivity contribution is 5.69. The molecule has 34 heavy (non-hydrogen) atoms. The first kappa shape index (κ1) is 25.9. The van der Waals surface area contributed by atoms with Crippen LogP contribution in [0.3, 0.4) is 0 Å². The van der Waals surface area contributed by atoms with Gasteiger partial charge in [-0.15, -0.1) is 0 Å². The van der Waals surface area contributed by atoms with Crippen LogP contribution < -0.4 is 0 Å². The fourth-order valence-corrected chi connectivity index (χ4v) is 3.67. The third kappa shape index (κ3) is 6.24. The van der Waals surface area contributed by atoms with E-state index >= 15 is 0 Å². The molecule has 1 aliphatic heterocycles. The molecule has 0 aliphatic carbocycles. The molecule has 3 unspecified atom stereocenters. The summed E-state index contributed by atoms with van der Waals surface area (Å²) in [6.45, 7) is 0.974. The van der Waals surface area contributed by atoms with Crippen molar-refractivity contribution in [3.05, 3.63) is 70.5 Å². The standard InChI is InChI=1S/C22H20F7NO4/c1-12(14-8-15(21(24,25)26)10-16(9-14)22(27,28)29)34-20-19(13-2-4-17(23)5-3-13)30(6-7-33-20)11-18(31)32/h2-5,8-10,12,19-20H,6-7,11H2,1H3,(H,31,32). The number of benzene rings is 2. The van der Waals surface area contributed by atoms with E-state index in [2.05, 4.69) is 0 Å². The lowest BCUT2D eigenvalue weighted by Gasteiger charge is -2.41. The minimum absolute atomic E-state index is 0.00124. The monoisotopic (exact) mass is 495 g/mol. The van der Waals surface area contributed by atoms with Crippen LogP contribution in [0.4, 0.5) is 30.7 Å². The van der Waals surface area contributed by atoms with Crippen molar-refractivity contribution in [2.75, 3.05) is 19.7 Å². The van der Waals surface area contributed by atoms with Crippen molar-refractivity contribution in [3.63, 3.8) is 0 Å². The molecule has 0 saturated carbocycles. The van der Waals surface area contributed by atoms with E-state index in [1.807, 2.05) is 0 Å². The zero-order valence-corrected chi connectivity index (χ0v) is 17.7. The number of hydrogen-bond donors (Lipinski definition) is 1. The van der Waals surface area contributed by atoms with Crippen LogP contribution in [-0.4, -0.2) is 42.0 Å². The van der Waals surface area contributed by atoms with E-state index in [1.54, 1.807) is 0 Å². The van der Waals surface area contributed by atoms with Gasteiger partial charge in [0.15, 0.2) is 6.29 Å². The predicted molar refractivity (Wildman–Crippen MR) is 104 cm³/mol. The Kier molecular flexibility index (Phi) is 7.53. The summed E-state index contributed by atoms with van der Waals surface area (Å²) in [5, 5.41) is 9.24. The van der Waals surface area contributed by atoms with Crippen LogP contribution in [0.15, 0.2) is 42.5 Å². The summed E-state index contributed by atoms with van der Waals surface area (Å²) in [5.74, 6) is -1.73. The Labute approximate surface area is 189 Å². The van der Waals surface area contributed by atoms with Gasteiger partial charge in [-0.3, -0.25) is 9.69 Å². The average Bonchev–Trinajstić information content (AvgIpc) is 2.73. The maximum absolute atomic E-state index is 13.4. The molecule has 2 aromatic rings. The zero-order chi connectivity index (χ0) is 25.3. The van der Waals surface area contributed by atoms with Crippen LogP contribution in [-0.2, 0) is 26.6 Å². The van der Waals surface area contributed by atoms with Crippen molar-refractivity contribution < 1.29 is 50.1 Å². The third-order valence-electron chi connectivity index (χ3n) is 5.28. The number of carboxylic acids is 1. The van der Waals surface area contributed by atoms with Gasteiger partial charge in [0.2, 0.25) is 0 Å². The molecule has 1 heterocycles. The summed E-state index contributed by atoms with van der Waals surface area (Å²) in [6, 6.07) is 5.24. The predicted octanol–water partition coefficient (Wildman–Crippen LogP) is 5.43. The number of carboxylic acid groups (broad SMARTS) is 1. The van der Waals surface area contributed by atoms with Crippen molar-refractivity contribution in [2.24, 2.45) is 0 Å². The van der Waals surface area contributed by atoms with E-state index < -0.39 is 60.2 Å². The SMILES string of the molecule is CC(OC1OCCN(CC(=O)O)C1c1ccc(F)cc1)c1cc(C(F)(F)F)cc(C(F)(F)F)c1. The van der Waals surface area contributed by atoms with Crippen molar-refractivity contribution >= 4 is 5.97 Å². The fourth-order valence-electron chi connectivity index (χ4n) is 3.67. The van der Waals surface area contributed by atoms with E-state index in [1.165, 1.54) is 24.0 Å². The second kappa shape index (κ2) is 9.88. The van der Waals surface area contributed by atoms with E-state index in [9.17, 15) is 40.6 Å². The first-order chi connectivity index (χ1) is 15.8. The first-order valence-corrected chi connectivity index (χ1v) is 10.0. The third-order valence-corrected chi connectivity index (χ3v) is 5.28. The molecule has 0 bridgehead atoms. The highest BCUT2D eigenvalue weighted by Gasteiger charge is 2.39. The maximum Gasteiger partial charge on any atom is 0.416 e. The minimum Gasteiger partial charge on any atom is -0.480 e. The van der Waals surface area contributed by atoms with Crippen molar-refractivity contribution in [1.29, 1.82) is 0 Å². The van der Waals surface area contributed by atoms with Crippen molar-refractivity contribution in [2.45, 2.75) is 37.7 Å². The van der Waals surface area contributed by atoms with Gasteiger partial charge < -0.3 is 14.6 Å². The molecule has 186 valence electrons. The molecule has 1 N–H and O–H groups in total. The summed E-state index contributed by atoms with van der Waals surface area (Å²) in [5.41, 5.74) is -2.96. The molecule has 5 nitrogen and oxygen atoms in total. The van der Waals surface area contributed by atoms with Gasteiger partial charge in [-0.05, 0) is 48.4 Å². The second-order valence-corrected chi connectivity index (χ2v) is 7.72. The van der Waals surface area contributed by atoms with Crippen molar-refractivity contribution in [3.8, 4) is 0 Å². The Hall–Kier alpha value is -2.70. The molecule has 1 saturated heterocycles. The lowest BCUT2D eigenvalue weighted by molar-refractivity contribution is -0.230. The van der Waals surface area contributed by atoms with Gasteiger partial charge in [-0.2, -0.15) is 26.3 Å². The Morgan fingerprint density at radius 3 is 2.15 bits per heavy atom. The minimum atomic E-state index is -5.02. The summed E-state index contributed by atoms with van der Waals surface area (Å²) in [7, 11) is 0. The first-order valence-electron chi connectivity index (χ1n) is 10.0. The topological polar surface area (TPSA) is 59.0 Å². The quantitative estimate of drug-likeness (QED) is 0.542. The summed E-state index contributed by atoms with van der Waals surface area (Å²) in [6.07, 6.45) is -12.6. The Balaban J connectivity index is 1.95. The number of morpholine rings is 1. The van der Waals surface area contributed by atoms with Crippen LogP contribution in [0, 0.1) is 5.82 Å². The number of nitrogens with zero attached hydrogens (tertiary/aromatic N) is 1. The lowest BCUT2D eigenvalue weighted by atomic mass is 10.0.